The van der Waals surface area contributed by atoms with Crippen molar-refractivity contribution in [1.29, 1.82) is 0 Å². The highest BCUT2D eigenvalue weighted by Gasteiger charge is 2.33. The number of carbonyl (C=O) groups excluding carboxylic acids is 1. The van der Waals surface area contributed by atoms with Crippen molar-refractivity contribution in [2.45, 2.75) is 26.8 Å². The highest BCUT2D eigenvalue weighted by atomic mass is 32.2. The van der Waals surface area contributed by atoms with Crippen LogP contribution in [0.15, 0.2) is 18.2 Å². The summed E-state index contributed by atoms with van der Waals surface area (Å²) in [6.07, 6.45) is 1.14. The van der Waals surface area contributed by atoms with Crippen molar-refractivity contribution in [3.05, 3.63) is 29.3 Å². The van der Waals surface area contributed by atoms with E-state index >= 15 is 0 Å². The minimum Gasteiger partial charge on any atom is -0.378 e. The van der Waals surface area contributed by atoms with E-state index in [1.54, 1.807) is 17.9 Å². The number of sulfonamides is 1. The zero-order valence-electron chi connectivity index (χ0n) is 14.1. The molecule has 1 atom stereocenters. The molecule has 0 spiro atoms. The molecule has 1 aromatic rings. The van der Waals surface area contributed by atoms with Gasteiger partial charge in [0.15, 0.2) is 0 Å². The second kappa shape index (κ2) is 6.88. The molecular weight excluding hydrogens is 316 g/mol. The number of morpholine rings is 1. The van der Waals surface area contributed by atoms with E-state index in [4.69, 9.17) is 4.74 Å². The minimum absolute atomic E-state index is 0.195. The highest BCUT2D eigenvalue weighted by molar-refractivity contribution is 7.92. The van der Waals surface area contributed by atoms with Gasteiger partial charge >= 0.3 is 0 Å². The topological polar surface area (TPSA) is 66.9 Å². The number of carbonyl (C=O) groups is 1. The van der Waals surface area contributed by atoms with Crippen LogP contribution in [-0.2, 0) is 19.6 Å². The number of benzene rings is 1. The molecule has 23 heavy (non-hydrogen) atoms. The molecule has 0 saturated carbocycles. The van der Waals surface area contributed by atoms with Crippen molar-refractivity contribution < 1.29 is 17.9 Å². The lowest BCUT2D eigenvalue weighted by atomic mass is 10.1. The first-order chi connectivity index (χ1) is 10.7. The lowest BCUT2D eigenvalue weighted by molar-refractivity contribution is -0.136. The van der Waals surface area contributed by atoms with Gasteiger partial charge in [-0.2, -0.15) is 0 Å². The van der Waals surface area contributed by atoms with Crippen LogP contribution in [0.4, 0.5) is 5.69 Å². The Morgan fingerprint density at radius 2 is 1.87 bits per heavy atom. The highest BCUT2D eigenvalue weighted by Crippen LogP contribution is 2.27. The van der Waals surface area contributed by atoms with Gasteiger partial charge in [-0.3, -0.25) is 9.10 Å². The number of nitrogens with zero attached hydrogens (tertiary/aromatic N) is 2. The van der Waals surface area contributed by atoms with E-state index < -0.39 is 16.1 Å². The predicted molar refractivity (Wildman–Crippen MR) is 90.1 cm³/mol. The van der Waals surface area contributed by atoms with Gasteiger partial charge in [0.25, 0.3) is 0 Å². The Bertz CT molecular complexity index is 681. The van der Waals surface area contributed by atoms with Gasteiger partial charge in [0.2, 0.25) is 15.9 Å². The lowest BCUT2D eigenvalue weighted by Crippen LogP contribution is -2.52. The Morgan fingerprint density at radius 3 is 2.43 bits per heavy atom. The molecule has 1 saturated heterocycles. The zero-order chi connectivity index (χ0) is 17.2. The molecule has 1 heterocycles. The van der Waals surface area contributed by atoms with E-state index in [2.05, 4.69) is 0 Å². The Morgan fingerprint density at radius 1 is 1.26 bits per heavy atom. The summed E-state index contributed by atoms with van der Waals surface area (Å²) in [6.45, 7) is 7.35. The maximum atomic E-state index is 12.7. The fourth-order valence-electron chi connectivity index (χ4n) is 2.78. The normalized spacial score (nSPS) is 17.0. The molecular formula is C16H24N2O4S. The number of hydrogen-bond acceptors (Lipinski definition) is 4. The number of amides is 1. The van der Waals surface area contributed by atoms with E-state index in [-0.39, 0.29) is 5.91 Å². The van der Waals surface area contributed by atoms with Crippen molar-refractivity contribution in [1.82, 2.24) is 4.90 Å². The zero-order valence-corrected chi connectivity index (χ0v) is 14.9. The van der Waals surface area contributed by atoms with Crippen LogP contribution in [-0.4, -0.2) is 57.8 Å². The number of rotatable bonds is 4. The van der Waals surface area contributed by atoms with Gasteiger partial charge in [-0.1, -0.05) is 12.1 Å². The summed E-state index contributed by atoms with van der Waals surface area (Å²) in [6, 6.07) is 4.81. The van der Waals surface area contributed by atoms with Crippen LogP contribution in [0.1, 0.15) is 18.1 Å². The second-order valence-corrected chi connectivity index (χ2v) is 7.82. The van der Waals surface area contributed by atoms with E-state index in [1.165, 1.54) is 4.31 Å². The molecule has 1 fully saturated rings. The van der Waals surface area contributed by atoms with E-state index in [0.717, 1.165) is 17.4 Å². The summed E-state index contributed by atoms with van der Waals surface area (Å²) < 4.78 is 31.2. The standard InChI is InChI=1S/C16H24N2O4S/c1-12-5-6-13(2)15(11-12)18(23(4,20)21)14(3)16(19)17-7-9-22-10-8-17/h5-6,11,14H,7-10H2,1-4H3/t14-/m0/s1. The Balaban J connectivity index is 2.39. The summed E-state index contributed by atoms with van der Waals surface area (Å²) in [5.74, 6) is -0.195. The van der Waals surface area contributed by atoms with Crippen LogP contribution in [0.3, 0.4) is 0 Å². The molecule has 6 nitrogen and oxygen atoms in total. The van der Waals surface area contributed by atoms with Crippen LogP contribution >= 0.6 is 0 Å². The quantitative estimate of drug-likeness (QED) is 0.829. The molecule has 0 unspecified atom stereocenters. The van der Waals surface area contributed by atoms with Crippen LogP contribution in [0, 0.1) is 13.8 Å². The third-order valence-corrected chi connectivity index (χ3v) is 5.22. The molecule has 0 radical (unpaired) electrons. The summed E-state index contributed by atoms with van der Waals surface area (Å²) in [4.78, 5) is 14.4. The molecule has 0 aromatic heterocycles. The van der Waals surface area contributed by atoms with Crippen LogP contribution in [0.25, 0.3) is 0 Å². The van der Waals surface area contributed by atoms with Gasteiger partial charge in [-0.05, 0) is 38.0 Å². The molecule has 128 valence electrons. The average Bonchev–Trinajstić information content (AvgIpc) is 2.49. The van der Waals surface area contributed by atoms with Crippen molar-refractivity contribution in [2.24, 2.45) is 0 Å². The summed E-state index contributed by atoms with van der Waals surface area (Å²) in [5.41, 5.74) is 2.33. The fourth-order valence-corrected chi connectivity index (χ4v) is 4.00. The van der Waals surface area contributed by atoms with Gasteiger partial charge in [-0.25, -0.2) is 8.42 Å². The van der Waals surface area contributed by atoms with Crippen molar-refractivity contribution >= 4 is 21.6 Å². The van der Waals surface area contributed by atoms with Crippen molar-refractivity contribution in [2.75, 3.05) is 36.9 Å². The fraction of sp³-hybridized carbons (Fsp3) is 0.562. The van der Waals surface area contributed by atoms with Gasteiger partial charge in [0.1, 0.15) is 6.04 Å². The molecule has 1 aliphatic heterocycles. The van der Waals surface area contributed by atoms with Crippen molar-refractivity contribution in [3.63, 3.8) is 0 Å². The molecule has 1 aliphatic rings. The van der Waals surface area contributed by atoms with Crippen LogP contribution < -0.4 is 4.31 Å². The van der Waals surface area contributed by atoms with Gasteiger partial charge in [0.05, 0.1) is 25.2 Å². The maximum Gasteiger partial charge on any atom is 0.246 e. The number of anilines is 1. The second-order valence-electron chi connectivity index (χ2n) is 5.96. The van der Waals surface area contributed by atoms with Crippen LogP contribution in [0.5, 0.6) is 0 Å². The van der Waals surface area contributed by atoms with Gasteiger partial charge in [0, 0.05) is 13.1 Å². The van der Waals surface area contributed by atoms with E-state index in [0.29, 0.717) is 32.0 Å². The average molecular weight is 340 g/mol. The monoisotopic (exact) mass is 340 g/mol. The first-order valence-corrected chi connectivity index (χ1v) is 9.50. The first-order valence-electron chi connectivity index (χ1n) is 7.65. The molecule has 0 bridgehead atoms. The molecule has 1 aromatic carbocycles. The summed E-state index contributed by atoms with van der Waals surface area (Å²) in [7, 11) is -3.59. The maximum absolute atomic E-state index is 12.7. The predicted octanol–water partition coefficient (Wildman–Crippen LogP) is 1.32. The Labute approximate surface area is 138 Å². The molecule has 7 heteroatoms. The summed E-state index contributed by atoms with van der Waals surface area (Å²) >= 11 is 0. The minimum atomic E-state index is -3.59. The number of ether oxygens (including phenoxy) is 1. The largest absolute Gasteiger partial charge is 0.378 e. The SMILES string of the molecule is Cc1ccc(C)c(N([C@@H](C)C(=O)N2CCOCC2)S(C)(=O)=O)c1. The molecule has 1 amide bonds. The van der Waals surface area contributed by atoms with Crippen molar-refractivity contribution in [3.8, 4) is 0 Å². The van der Waals surface area contributed by atoms with Gasteiger partial charge in [-0.15, -0.1) is 0 Å². The third kappa shape index (κ3) is 4.03. The molecule has 2 rings (SSSR count). The van der Waals surface area contributed by atoms with Crippen LogP contribution in [0.2, 0.25) is 0 Å². The Hall–Kier alpha value is -1.60. The van der Waals surface area contributed by atoms with E-state index in [9.17, 15) is 13.2 Å². The number of aryl methyl sites for hydroxylation is 2. The first kappa shape index (κ1) is 17.7. The summed E-state index contributed by atoms with van der Waals surface area (Å²) in [5, 5.41) is 0. The Kier molecular flexibility index (Phi) is 5.31. The lowest BCUT2D eigenvalue weighted by Gasteiger charge is -2.35. The van der Waals surface area contributed by atoms with E-state index in [1.807, 2.05) is 26.0 Å². The van der Waals surface area contributed by atoms with Gasteiger partial charge < -0.3 is 9.64 Å². The number of hydrogen-bond donors (Lipinski definition) is 0. The third-order valence-electron chi connectivity index (χ3n) is 3.99. The molecule has 0 aliphatic carbocycles. The smallest absolute Gasteiger partial charge is 0.246 e. The molecule has 0 N–H and O–H groups in total.